The molecule has 1 aliphatic carbocycles. The fourth-order valence-electron chi connectivity index (χ4n) is 2.70. The van der Waals surface area contributed by atoms with Crippen molar-refractivity contribution in [1.82, 2.24) is 0 Å². The van der Waals surface area contributed by atoms with Gasteiger partial charge in [-0.2, -0.15) is 0 Å². The molecule has 0 aromatic carbocycles. The Bertz CT molecular complexity index is 211. The van der Waals surface area contributed by atoms with Crippen LogP contribution in [-0.4, -0.2) is 19.3 Å². The van der Waals surface area contributed by atoms with Crippen molar-refractivity contribution in [2.24, 2.45) is 11.8 Å². The van der Waals surface area contributed by atoms with Gasteiger partial charge in [0.2, 0.25) is 0 Å². The van der Waals surface area contributed by atoms with Crippen molar-refractivity contribution < 1.29 is 13.8 Å². The van der Waals surface area contributed by atoms with Crippen molar-refractivity contribution in [3.63, 3.8) is 0 Å². The highest BCUT2D eigenvalue weighted by Crippen LogP contribution is 2.35. The van der Waals surface area contributed by atoms with Gasteiger partial charge in [0.25, 0.3) is 0 Å². The highest BCUT2D eigenvalue weighted by molar-refractivity contribution is 7.17. The van der Waals surface area contributed by atoms with E-state index in [1.54, 1.807) is 0 Å². The Balaban J connectivity index is 2.38. The molecule has 3 nitrogen and oxygen atoms in total. The van der Waals surface area contributed by atoms with Crippen LogP contribution in [-0.2, 0) is 13.8 Å². The molecule has 1 rings (SSSR count). The third kappa shape index (κ3) is 5.46. The van der Waals surface area contributed by atoms with E-state index in [2.05, 4.69) is 13.8 Å². The SMILES string of the molecule is CCCOC[C@@H]1CCC(CCC)CC1OP=O. The maximum absolute atomic E-state index is 10.6. The lowest BCUT2D eigenvalue weighted by Gasteiger charge is -2.34. The van der Waals surface area contributed by atoms with Crippen LogP contribution in [0.25, 0.3) is 0 Å². The highest BCUT2D eigenvalue weighted by atomic mass is 31.1. The zero-order chi connectivity index (χ0) is 12.5. The van der Waals surface area contributed by atoms with E-state index in [1.165, 1.54) is 19.3 Å². The van der Waals surface area contributed by atoms with Crippen LogP contribution in [0.2, 0.25) is 0 Å². The van der Waals surface area contributed by atoms with Crippen LogP contribution in [0.5, 0.6) is 0 Å². The molecule has 4 heteroatoms. The molecule has 0 N–H and O–H groups in total. The van der Waals surface area contributed by atoms with E-state index in [9.17, 15) is 4.57 Å². The first kappa shape index (κ1) is 15.1. The van der Waals surface area contributed by atoms with E-state index in [4.69, 9.17) is 9.26 Å². The van der Waals surface area contributed by atoms with Crippen molar-refractivity contribution in [2.45, 2.75) is 58.5 Å². The largest absolute Gasteiger partial charge is 0.381 e. The second kappa shape index (κ2) is 9.02. The van der Waals surface area contributed by atoms with Crippen molar-refractivity contribution in [3.05, 3.63) is 0 Å². The molecule has 0 spiro atoms. The fraction of sp³-hybridized carbons (Fsp3) is 1.00. The summed E-state index contributed by atoms with van der Waals surface area (Å²) in [4.78, 5) is 0. The molecule has 1 saturated carbocycles. The molecule has 0 aliphatic heterocycles. The summed E-state index contributed by atoms with van der Waals surface area (Å²) in [6.45, 7) is 5.91. The number of hydrogen-bond donors (Lipinski definition) is 0. The quantitative estimate of drug-likeness (QED) is 0.484. The fourth-order valence-corrected chi connectivity index (χ4v) is 3.07. The molecular weight excluding hydrogens is 235 g/mol. The summed E-state index contributed by atoms with van der Waals surface area (Å²) >= 11 is 0. The van der Waals surface area contributed by atoms with Gasteiger partial charge in [-0.05, 0) is 31.6 Å². The molecule has 0 saturated heterocycles. The second-order valence-electron chi connectivity index (χ2n) is 5.02. The molecular formula is C13H25O3P. The summed E-state index contributed by atoms with van der Waals surface area (Å²) in [5, 5.41) is 0. The van der Waals surface area contributed by atoms with E-state index in [0.29, 0.717) is 5.92 Å². The molecule has 0 aromatic rings. The van der Waals surface area contributed by atoms with Gasteiger partial charge in [-0.25, -0.2) is 4.57 Å². The Morgan fingerprint density at radius 1 is 1.24 bits per heavy atom. The summed E-state index contributed by atoms with van der Waals surface area (Å²) < 4.78 is 21.6. The van der Waals surface area contributed by atoms with Gasteiger partial charge < -0.3 is 4.74 Å². The van der Waals surface area contributed by atoms with Crippen LogP contribution < -0.4 is 0 Å². The predicted octanol–water partition coefficient (Wildman–Crippen LogP) is 4.22. The van der Waals surface area contributed by atoms with Gasteiger partial charge in [-0.1, -0.05) is 26.7 Å². The zero-order valence-corrected chi connectivity index (χ0v) is 12.0. The molecule has 0 heterocycles. The molecule has 0 bridgehead atoms. The topological polar surface area (TPSA) is 35.5 Å². The normalized spacial score (nSPS) is 29.6. The van der Waals surface area contributed by atoms with Crippen molar-refractivity contribution >= 4 is 8.69 Å². The van der Waals surface area contributed by atoms with Gasteiger partial charge in [0.05, 0.1) is 12.7 Å². The van der Waals surface area contributed by atoms with Crippen LogP contribution >= 0.6 is 8.69 Å². The summed E-state index contributed by atoms with van der Waals surface area (Å²) in [5.74, 6) is 1.17. The zero-order valence-electron chi connectivity index (χ0n) is 11.1. The Morgan fingerprint density at radius 2 is 2.06 bits per heavy atom. The molecule has 17 heavy (non-hydrogen) atoms. The summed E-state index contributed by atoms with van der Waals surface area (Å²) in [6, 6.07) is 0. The van der Waals surface area contributed by atoms with Crippen LogP contribution in [0.15, 0.2) is 0 Å². The van der Waals surface area contributed by atoms with E-state index in [-0.39, 0.29) is 14.8 Å². The first-order valence-corrected chi connectivity index (χ1v) is 7.61. The lowest BCUT2D eigenvalue weighted by Crippen LogP contribution is -2.33. The first-order valence-electron chi connectivity index (χ1n) is 6.88. The molecule has 100 valence electrons. The number of hydrogen-bond acceptors (Lipinski definition) is 3. The third-order valence-corrected chi connectivity index (χ3v) is 3.95. The second-order valence-corrected chi connectivity index (χ2v) is 5.38. The molecule has 0 aromatic heterocycles. The van der Waals surface area contributed by atoms with Crippen LogP contribution in [0.3, 0.4) is 0 Å². The maximum Gasteiger partial charge on any atom is 0.327 e. The van der Waals surface area contributed by atoms with E-state index in [0.717, 1.165) is 38.4 Å². The van der Waals surface area contributed by atoms with E-state index in [1.807, 2.05) is 0 Å². The average Bonchev–Trinajstić information content (AvgIpc) is 2.33. The van der Waals surface area contributed by atoms with Crippen LogP contribution in [0.4, 0.5) is 0 Å². The molecule has 2 unspecified atom stereocenters. The minimum absolute atomic E-state index is 0.122. The van der Waals surface area contributed by atoms with Gasteiger partial charge >= 0.3 is 8.69 Å². The molecule has 1 fully saturated rings. The van der Waals surface area contributed by atoms with Gasteiger partial charge in [0, 0.05) is 12.5 Å². The highest BCUT2D eigenvalue weighted by Gasteiger charge is 2.31. The van der Waals surface area contributed by atoms with Crippen molar-refractivity contribution in [2.75, 3.05) is 13.2 Å². The van der Waals surface area contributed by atoms with Gasteiger partial charge in [-0.3, -0.25) is 4.52 Å². The standard InChI is InChI=1S/C13H25O3P/c1-3-5-11-6-7-12(10-15-8-4-2)13(9-11)16-17-14/h11-13H,3-10H2,1-2H3/t11?,12-,13?/m0/s1. The van der Waals surface area contributed by atoms with Crippen LogP contribution in [0, 0.1) is 11.8 Å². The summed E-state index contributed by atoms with van der Waals surface area (Å²) in [6.07, 6.45) is 7.12. The maximum atomic E-state index is 10.6. The number of rotatable bonds is 8. The third-order valence-electron chi connectivity index (χ3n) is 3.59. The van der Waals surface area contributed by atoms with Gasteiger partial charge in [0.15, 0.2) is 0 Å². The molecule has 3 atom stereocenters. The smallest absolute Gasteiger partial charge is 0.327 e. The minimum atomic E-state index is -0.184. The average molecular weight is 260 g/mol. The number of ether oxygens (including phenoxy) is 1. The summed E-state index contributed by atoms with van der Waals surface area (Å²) in [5.41, 5.74) is 0. The first-order chi connectivity index (χ1) is 8.31. The molecule has 0 radical (unpaired) electrons. The van der Waals surface area contributed by atoms with E-state index >= 15 is 0 Å². The van der Waals surface area contributed by atoms with Crippen molar-refractivity contribution in [1.29, 1.82) is 0 Å². The van der Waals surface area contributed by atoms with Gasteiger partial charge in [0.1, 0.15) is 0 Å². The Labute approximate surface area is 107 Å². The minimum Gasteiger partial charge on any atom is -0.381 e. The van der Waals surface area contributed by atoms with Gasteiger partial charge in [-0.15, -0.1) is 0 Å². The molecule has 1 aliphatic rings. The van der Waals surface area contributed by atoms with Crippen molar-refractivity contribution in [3.8, 4) is 0 Å². The van der Waals surface area contributed by atoms with E-state index < -0.39 is 0 Å². The van der Waals surface area contributed by atoms with Crippen LogP contribution in [0.1, 0.15) is 52.4 Å². The lowest BCUT2D eigenvalue weighted by atomic mass is 9.78. The Morgan fingerprint density at radius 3 is 2.71 bits per heavy atom. The molecule has 0 amide bonds. The summed E-state index contributed by atoms with van der Waals surface area (Å²) in [7, 11) is -0.184. The lowest BCUT2D eigenvalue weighted by molar-refractivity contribution is 0.00795. The predicted molar refractivity (Wildman–Crippen MR) is 69.3 cm³/mol. The Hall–Kier alpha value is 0.0200. The monoisotopic (exact) mass is 260 g/mol. The Kier molecular flexibility index (Phi) is 8.00.